The molecular weight excluding hydrogens is 182 g/mol. The number of amides is 1. The van der Waals surface area contributed by atoms with Crippen LogP contribution in [0.15, 0.2) is 0 Å². The number of nitrogens with one attached hydrogen (secondary N) is 1. The summed E-state index contributed by atoms with van der Waals surface area (Å²) in [5.74, 6) is 2.20. The summed E-state index contributed by atoms with van der Waals surface area (Å²) in [6.45, 7) is 2.99. The van der Waals surface area contributed by atoms with Crippen molar-refractivity contribution in [2.75, 3.05) is 12.3 Å². The van der Waals surface area contributed by atoms with E-state index in [4.69, 9.17) is 0 Å². The quantitative estimate of drug-likeness (QED) is 0.751. The predicted octanol–water partition coefficient (Wildman–Crippen LogP) is 1.80. The van der Waals surface area contributed by atoms with Crippen LogP contribution in [0.5, 0.6) is 0 Å². The SMILES string of the molecule is CC1(C(=O)NCC2CC2)CCCS1. The van der Waals surface area contributed by atoms with Gasteiger partial charge in [-0.25, -0.2) is 0 Å². The number of rotatable bonds is 3. The van der Waals surface area contributed by atoms with E-state index in [2.05, 4.69) is 12.2 Å². The Morgan fingerprint density at radius 3 is 2.92 bits per heavy atom. The fraction of sp³-hybridized carbons (Fsp3) is 0.900. The first kappa shape index (κ1) is 9.38. The fourth-order valence-corrected chi connectivity index (χ4v) is 2.94. The predicted molar refractivity (Wildman–Crippen MR) is 55.8 cm³/mol. The van der Waals surface area contributed by atoms with E-state index < -0.39 is 0 Å². The second-order valence-corrected chi connectivity index (χ2v) is 5.93. The number of hydrogen-bond acceptors (Lipinski definition) is 2. The van der Waals surface area contributed by atoms with Crippen LogP contribution in [0.3, 0.4) is 0 Å². The van der Waals surface area contributed by atoms with Crippen molar-refractivity contribution in [1.82, 2.24) is 5.32 Å². The molecule has 0 bridgehead atoms. The molecule has 3 heteroatoms. The van der Waals surface area contributed by atoms with Gasteiger partial charge in [0.15, 0.2) is 0 Å². The monoisotopic (exact) mass is 199 g/mol. The van der Waals surface area contributed by atoms with Gasteiger partial charge in [-0.05, 0) is 44.3 Å². The van der Waals surface area contributed by atoms with Gasteiger partial charge in [0.1, 0.15) is 0 Å². The van der Waals surface area contributed by atoms with Crippen LogP contribution in [0.25, 0.3) is 0 Å². The van der Waals surface area contributed by atoms with Gasteiger partial charge in [0.2, 0.25) is 5.91 Å². The van der Waals surface area contributed by atoms with Crippen LogP contribution in [-0.2, 0) is 4.79 Å². The Hall–Kier alpha value is -0.180. The summed E-state index contributed by atoms with van der Waals surface area (Å²) >= 11 is 1.81. The molecular formula is C10H17NOS. The summed E-state index contributed by atoms with van der Waals surface area (Å²) in [6, 6.07) is 0. The average molecular weight is 199 g/mol. The van der Waals surface area contributed by atoms with Gasteiger partial charge in [0.05, 0.1) is 4.75 Å². The number of thioether (sulfide) groups is 1. The highest BCUT2D eigenvalue weighted by Gasteiger charge is 2.37. The molecule has 13 heavy (non-hydrogen) atoms. The normalized spacial score (nSPS) is 33.3. The average Bonchev–Trinajstić information content (AvgIpc) is 2.84. The van der Waals surface area contributed by atoms with E-state index in [0.29, 0.717) is 0 Å². The van der Waals surface area contributed by atoms with Gasteiger partial charge in [0, 0.05) is 6.54 Å². The molecule has 1 unspecified atom stereocenters. The molecule has 2 fully saturated rings. The first-order valence-electron chi connectivity index (χ1n) is 5.13. The third kappa shape index (κ3) is 2.19. The van der Waals surface area contributed by atoms with Crippen molar-refractivity contribution in [3.63, 3.8) is 0 Å². The van der Waals surface area contributed by atoms with E-state index in [9.17, 15) is 4.79 Å². The molecule has 0 spiro atoms. The largest absolute Gasteiger partial charge is 0.355 e. The zero-order valence-electron chi connectivity index (χ0n) is 8.14. The highest BCUT2D eigenvalue weighted by Crippen LogP contribution is 2.38. The lowest BCUT2D eigenvalue weighted by atomic mass is 10.1. The van der Waals surface area contributed by atoms with Crippen molar-refractivity contribution in [3.05, 3.63) is 0 Å². The van der Waals surface area contributed by atoms with E-state index in [1.165, 1.54) is 19.3 Å². The highest BCUT2D eigenvalue weighted by atomic mass is 32.2. The molecule has 0 radical (unpaired) electrons. The van der Waals surface area contributed by atoms with E-state index in [1.807, 2.05) is 11.8 Å². The molecule has 1 saturated carbocycles. The van der Waals surface area contributed by atoms with Gasteiger partial charge in [-0.2, -0.15) is 0 Å². The summed E-state index contributed by atoms with van der Waals surface area (Å²) in [7, 11) is 0. The lowest BCUT2D eigenvalue weighted by molar-refractivity contribution is -0.123. The van der Waals surface area contributed by atoms with E-state index in [-0.39, 0.29) is 10.7 Å². The molecule has 1 N–H and O–H groups in total. The third-order valence-corrected chi connectivity index (χ3v) is 4.47. The van der Waals surface area contributed by atoms with Crippen LogP contribution in [-0.4, -0.2) is 23.0 Å². The van der Waals surface area contributed by atoms with Gasteiger partial charge in [-0.3, -0.25) is 4.79 Å². The molecule has 1 amide bonds. The zero-order valence-corrected chi connectivity index (χ0v) is 8.95. The smallest absolute Gasteiger partial charge is 0.235 e. The number of carbonyl (C=O) groups excluding carboxylic acids is 1. The topological polar surface area (TPSA) is 29.1 Å². The lowest BCUT2D eigenvalue weighted by Gasteiger charge is -2.21. The molecule has 1 atom stereocenters. The van der Waals surface area contributed by atoms with Gasteiger partial charge >= 0.3 is 0 Å². The Labute approximate surface area is 83.8 Å². The van der Waals surface area contributed by atoms with Crippen LogP contribution in [0.1, 0.15) is 32.6 Å². The molecule has 0 aromatic carbocycles. The lowest BCUT2D eigenvalue weighted by Crippen LogP contribution is -2.41. The minimum atomic E-state index is -0.116. The molecule has 2 aliphatic rings. The van der Waals surface area contributed by atoms with Crippen molar-refractivity contribution in [3.8, 4) is 0 Å². The molecule has 1 heterocycles. The van der Waals surface area contributed by atoms with E-state index in [1.54, 1.807) is 0 Å². The molecule has 74 valence electrons. The Bertz CT molecular complexity index is 207. The minimum absolute atomic E-state index is 0.116. The Morgan fingerprint density at radius 2 is 2.38 bits per heavy atom. The van der Waals surface area contributed by atoms with Crippen LogP contribution in [0.2, 0.25) is 0 Å². The van der Waals surface area contributed by atoms with E-state index in [0.717, 1.165) is 24.6 Å². The van der Waals surface area contributed by atoms with Crippen molar-refractivity contribution >= 4 is 17.7 Å². The van der Waals surface area contributed by atoms with Crippen LogP contribution in [0.4, 0.5) is 0 Å². The fourth-order valence-electron chi connectivity index (χ4n) is 1.70. The Balaban J connectivity index is 1.80. The Kier molecular flexibility index (Phi) is 2.54. The molecule has 2 rings (SSSR count). The van der Waals surface area contributed by atoms with Gasteiger partial charge in [-0.15, -0.1) is 11.8 Å². The molecule has 1 aliphatic heterocycles. The first-order chi connectivity index (χ1) is 6.21. The standard InChI is InChI=1S/C10H17NOS/c1-10(5-2-6-13-10)9(12)11-7-8-3-4-8/h8H,2-7H2,1H3,(H,11,12). The maximum atomic E-state index is 11.8. The second kappa shape index (κ2) is 3.52. The highest BCUT2D eigenvalue weighted by molar-refractivity contribution is 8.01. The number of carbonyl (C=O) groups is 1. The minimum Gasteiger partial charge on any atom is -0.355 e. The molecule has 1 saturated heterocycles. The first-order valence-corrected chi connectivity index (χ1v) is 6.11. The summed E-state index contributed by atoms with van der Waals surface area (Å²) in [6.07, 6.45) is 4.86. The molecule has 1 aliphatic carbocycles. The summed E-state index contributed by atoms with van der Waals surface area (Å²) in [5, 5.41) is 3.07. The van der Waals surface area contributed by atoms with Gasteiger partial charge in [0.25, 0.3) is 0 Å². The van der Waals surface area contributed by atoms with Gasteiger partial charge < -0.3 is 5.32 Å². The third-order valence-electron chi connectivity index (χ3n) is 2.95. The summed E-state index contributed by atoms with van der Waals surface area (Å²) in [5.41, 5.74) is 0. The van der Waals surface area contributed by atoms with Crippen molar-refractivity contribution in [1.29, 1.82) is 0 Å². The Morgan fingerprint density at radius 1 is 1.62 bits per heavy atom. The van der Waals surface area contributed by atoms with E-state index >= 15 is 0 Å². The zero-order chi connectivity index (χ0) is 9.31. The van der Waals surface area contributed by atoms with Crippen molar-refractivity contribution in [2.45, 2.75) is 37.4 Å². The second-order valence-electron chi connectivity index (χ2n) is 4.34. The van der Waals surface area contributed by atoms with Gasteiger partial charge in [-0.1, -0.05) is 0 Å². The molecule has 2 nitrogen and oxygen atoms in total. The van der Waals surface area contributed by atoms with Crippen LogP contribution >= 0.6 is 11.8 Å². The van der Waals surface area contributed by atoms with Crippen molar-refractivity contribution < 1.29 is 4.79 Å². The molecule has 0 aromatic heterocycles. The van der Waals surface area contributed by atoms with Crippen molar-refractivity contribution in [2.24, 2.45) is 5.92 Å². The summed E-state index contributed by atoms with van der Waals surface area (Å²) in [4.78, 5) is 11.8. The summed E-state index contributed by atoms with van der Waals surface area (Å²) < 4.78 is -0.116. The van der Waals surface area contributed by atoms with Crippen LogP contribution < -0.4 is 5.32 Å². The maximum absolute atomic E-state index is 11.8. The molecule has 0 aromatic rings. The van der Waals surface area contributed by atoms with Crippen LogP contribution in [0, 0.1) is 5.92 Å². The number of hydrogen-bond donors (Lipinski definition) is 1. The maximum Gasteiger partial charge on any atom is 0.235 e.